The number of hydrogen-bond donors (Lipinski definition) is 1. The predicted molar refractivity (Wildman–Crippen MR) is 73.8 cm³/mol. The maximum absolute atomic E-state index is 11.9. The third-order valence-electron chi connectivity index (χ3n) is 2.94. The highest BCUT2D eigenvalue weighted by Crippen LogP contribution is 2.16. The van der Waals surface area contributed by atoms with E-state index in [2.05, 4.69) is 4.98 Å². The van der Waals surface area contributed by atoms with Crippen LogP contribution in [0.3, 0.4) is 0 Å². The van der Waals surface area contributed by atoms with Crippen molar-refractivity contribution in [3.63, 3.8) is 0 Å². The lowest BCUT2D eigenvalue weighted by Crippen LogP contribution is -2.10. The maximum Gasteiger partial charge on any atom is 0.338 e. The molecule has 0 saturated heterocycles. The number of carbonyl (C=O) groups is 1. The van der Waals surface area contributed by atoms with Crippen LogP contribution in [-0.2, 0) is 11.2 Å². The molecule has 2 rings (SSSR count). The number of benzene rings is 1. The summed E-state index contributed by atoms with van der Waals surface area (Å²) in [5.74, 6) is -0.339. The number of carbonyl (C=O) groups excluding carboxylic acids is 1. The number of rotatable bonds is 4. The lowest BCUT2D eigenvalue weighted by Gasteiger charge is -2.08. The van der Waals surface area contributed by atoms with Gasteiger partial charge in [0, 0.05) is 24.5 Å². The number of hydrogen-bond acceptors (Lipinski definition) is 4. The highest BCUT2D eigenvalue weighted by atomic mass is 16.5. The summed E-state index contributed by atoms with van der Waals surface area (Å²) in [7, 11) is 0. The highest BCUT2D eigenvalue weighted by Gasteiger charge is 2.11. The average molecular weight is 256 g/mol. The molecule has 4 nitrogen and oxygen atoms in total. The molecular formula is C15H16N2O2. The third-order valence-corrected chi connectivity index (χ3v) is 2.94. The van der Waals surface area contributed by atoms with Crippen molar-refractivity contribution in [1.29, 1.82) is 0 Å². The van der Waals surface area contributed by atoms with E-state index in [-0.39, 0.29) is 5.97 Å². The van der Waals surface area contributed by atoms with Crippen LogP contribution < -0.4 is 5.73 Å². The molecule has 98 valence electrons. The number of anilines is 1. The number of nitrogen functional groups attached to an aromatic ring is 1. The van der Waals surface area contributed by atoms with E-state index in [1.165, 1.54) is 0 Å². The van der Waals surface area contributed by atoms with E-state index in [0.29, 0.717) is 24.3 Å². The number of nitrogens with two attached hydrogens (primary N) is 1. The van der Waals surface area contributed by atoms with E-state index in [0.717, 1.165) is 11.1 Å². The van der Waals surface area contributed by atoms with Crippen molar-refractivity contribution < 1.29 is 9.53 Å². The van der Waals surface area contributed by atoms with Gasteiger partial charge in [-0.05, 0) is 36.2 Å². The van der Waals surface area contributed by atoms with Gasteiger partial charge in [-0.25, -0.2) is 4.79 Å². The van der Waals surface area contributed by atoms with Crippen molar-refractivity contribution >= 4 is 11.7 Å². The van der Waals surface area contributed by atoms with Gasteiger partial charge in [0.2, 0.25) is 0 Å². The number of nitrogens with zero attached hydrogens (tertiary/aromatic N) is 1. The summed E-state index contributed by atoms with van der Waals surface area (Å²) in [4.78, 5) is 15.9. The van der Waals surface area contributed by atoms with Gasteiger partial charge in [0.15, 0.2) is 0 Å². The lowest BCUT2D eigenvalue weighted by molar-refractivity contribution is 0.0508. The van der Waals surface area contributed by atoms with Crippen LogP contribution >= 0.6 is 0 Å². The van der Waals surface area contributed by atoms with Crippen LogP contribution in [0.25, 0.3) is 0 Å². The van der Waals surface area contributed by atoms with Gasteiger partial charge >= 0.3 is 5.97 Å². The Morgan fingerprint density at radius 3 is 2.89 bits per heavy atom. The van der Waals surface area contributed by atoms with Crippen LogP contribution in [0.1, 0.15) is 21.5 Å². The van der Waals surface area contributed by atoms with E-state index in [9.17, 15) is 4.79 Å². The molecule has 0 saturated carbocycles. The minimum atomic E-state index is -0.339. The molecule has 0 spiro atoms. The van der Waals surface area contributed by atoms with Crippen molar-refractivity contribution in [1.82, 2.24) is 4.98 Å². The van der Waals surface area contributed by atoms with Crippen LogP contribution in [0, 0.1) is 6.92 Å². The normalized spacial score (nSPS) is 10.2. The summed E-state index contributed by atoms with van der Waals surface area (Å²) in [6.45, 7) is 2.14. The molecule has 1 heterocycles. The fourth-order valence-electron chi connectivity index (χ4n) is 1.76. The van der Waals surface area contributed by atoms with Crippen LogP contribution in [0.4, 0.5) is 5.69 Å². The Morgan fingerprint density at radius 1 is 1.32 bits per heavy atom. The maximum atomic E-state index is 11.9. The van der Waals surface area contributed by atoms with Gasteiger partial charge in [0.1, 0.15) is 0 Å². The first-order valence-corrected chi connectivity index (χ1v) is 6.09. The van der Waals surface area contributed by atoms with Crippen molar-refractivity contribution in [2.45, 2.75) is 13.3 Å². The topological polar surface area (TPSA) is 65.2 Å². The Labute approximate surface area is 112 Å². The van der Waals surface area contributed by atoms with Gasteiger partial charge in [0.25, 0.3) is 0 Å². The Bertz CT molecular complexity index is 568. The number of esters is 1. The second-order valence-corrected chi connectivity index (χ2v) is 4.27. The van der Waals surface area contributed by atoms with Crippen molar-refractivity contribution in [3.8, 4) is 0 Å². The standard InChI is InChI=1S/C15H16N2O2/c1-11-13(5-2-6-14(11)16)15(18)19-9-7-12-4-3-8-17-10-12/h2-6,8,10H,7,9,16H2,1H3. The molecule has 0 aliphatic carbocycles. The highest BCUT2D eigenvalue weighted by molar-refractivity contribution is 5.92. The van der Waals surface area contributed by atoms with Crippen molar-refractivity contribution in [2.75, 3.05) is 12.3 Å². The molecule has 4 heteroatoms. The van der Waals surface area contributed by atoms with Crippen molar-refractivity contribution in [3.05, 3.63) is 59.4 Å². The smallest absolute Gasteiger partial charge is 0.338 e. The fraction of sp³-hybridized carbons (Fsp3) is 0.200. The Morgan fingerprint density at radius 2 is 2.16 bits per heavy atom. The largest absolute Gasteiger partial charge is 0.462 e. The van der Waals surface area contributed by atoms with Gasteiger partial charge in [-0.3, -0.25) is 4.98 Å². The summed E-state index contributed by atoms with van der Waals surface area (Å²) in [5, 5.41) is 0. The summed E-state index contributed by atoms with van der Waals surface area (Å²) in [6.07, 6.45) is 4.13. The van der Waals surface area contributed by atoms with Gasteiger partial charge in [-0.15, -0.1) is 0 Å². The van der Waals surface area contributed by atoms with E-state index in [1.807, 2.05) is 19.1 Å². The quantitative estimate of drug-likeness (QED) is 0.673. The molecule has 0 radical (unpaired) electrons. The lowest BCUT2D eigenvalue weighted by atomic mass is 10.1. The van der Waals surface area contributed by atoms with Crippen LogP contribution in [0.2, 0.25) is 0 Å². The van der Waals surface area contributed by atoms with Crippen LogP contribution in [-0.4, -0.2) is 17.6 Å². The minimum Gasteiger partial charge on any atom is -0.462 e. The van der Waals surface area contributed by atoms with E-state index >= 15 is 0 Å². The predicted octanol–water partition coefficient (Wildman–Crippen LogP) is 2.37. The SMILES string of the molecule is Cc1c(N)cccc1C(=O)OCCc1cccnc1. The monoisotopic (exact) mass is 256 g/mol. The zero-order valence-electron chi connectivity index (χ0n) is 10.8. The second kappa shape index (κ2) is 6.00. The van der Waals surface area contributed by atoms with Crippen molar-refractivity contribution in [2.24, 2.45) is 0 Å². The summed E-state index contributed by atoms with van der Waals surface area (Å²) in [6, 6.07) is 9.05. The summed E-state index contributed by atoms with van der Waals surface area (Å²) in [5.41, 5.74) is 8.68. The Balaban J connectivity index is 1.93. The molecule has 0 atom stereocenters. The van der Waals surface area contributed by atoms with Gasteiger partial charge in [0.05, 0.1) is 12.2 Å². The van der Waals surface area contributed by atoms with Gasteiger partial charge in [-0.2, -0.15) is 0 Å². The minimum absolute atomic E-state index is 0.332. The number of pyridine rings is 1. The molecular weight excluding hydrogens is 240 g/mol. The summed E-state index contributed by atoms with van der Waals surface area (Å²) < 4.78 is 5.25. The third kappa shape index (κ3) is 3.31. The molecule has 1 aromatic heterocycles. The zero-order valence-corrected chi connectivity index (χ0v) is 10.8. The first-order valence-electron chi connectivity index (χ1n) is 6.09. The van der Waals surface area contributed by atoms with E-state index < -0.39 is 0 Å². The Hall–Kier alpha value is -2.36. The molecule has 0 unspecified atom stereocenters. The molecule has 0 aliphatic rings. The van der Waals surface area contributed by atoms with Crippen LogP contribution in [0.15, 0.2) is 42.7 Å². The molecule has 19 heavy (non-hydrogen) atoms. The molecule has 2 aromatic rings. The number of ether oxygens (including phenoxy) is 1. The molecule has 0 amide bonds. The Kier molecular flexibility index (Phi) is 4.13. The molecule has 0 bridgehead atoms. The molecule has 0 aliphatic heterocycles. The van der Waals surface area contributed by atoms with Gasteiger partial charge in [-0.1, -0.05) is 12.1 Å². The van der Waals surface area contributed by atoms with E-state index in [1.54, 1.807) is 30.6 Å². The number of aromatic nitrogens is 1. The molecule has 1 aromatic carbocycles. The average Bonchev–Trinajstić information content (AvgIpc) is 2.43. The second-order valence-electron chi connectivity index (χ2n) is 4.27. The fourth-order valence-corrected chi connectivity index (χ4v) is 1.76. The van der Waals surface area contributed by atoms with E-state index in [4.69, 9.17) is 10.5 Å². The van der Waals surface area contributed by atoms with Gasteiger partial charge < -0.3 is 10.5 Å². The zero-order chi connectivity index (χ0) is 13.7. The van der Waals surface area contributed by atoms with Crippen LogP contribution in [0.5, 0.6) is 0 Å². The first-order chi connectivity index (χ1) is 9.18. The molecule has 2 N–H and O–H groups in total. The molecule has 0 fully saturated rings. The summed E-state index contributed by atoms with van der Waals surface area (Å²) >= 11 is 0. The first kappa shape index (κ1) is 13.1.